The summed E-state index contributed by atoms with van der Waals surface area (Å²) in [5.41, 5.74) is 0. The van der Waals surface area contributed by atoms with Crippen LogP contribution in [0.1, 0.15) is 12.8 Å². The first-order valence-electron chi connectivity index (χ1n) is 5.20. The fourth-order valence-electron chi connectivity index (χ4n) is 1.17. The summed E-state index contributed by atoms with van der Waals surface area (Å²) in [6.07, 6.45) is -6.25. The summed E-state index contributed by atoms with van der Waals surface area (Å²) < 4.78 is 45.3. The van der Waals surface area contributed by atoms with Gasteiger partial charge < -0.3 is 14.4 Å². The fourth-order valence-corrected chi connectivity index (χ4v) is 1.17. The van der Waals surface area contributed by atoms with Crippen molar-refractivity contribution in [1.82, 2.24) is 4.90 Å². The van der Waals surface area contributed by atoms with Gasteiger partial charge in [0.1, 0.15) is 6.42 Å². The molecule has 0 aliphatic carbocycles. The molecule has 18 heavy (non-hydrogen) atoms. The SMILES string of the molecule is COCCN(CCC(=O)OC)C(=O)CC(F)(F)F. The number of hydrogen-bond acceptors (Lipinski definition) is 4. The highest BCUT2D eigenvalue weighted by Gasteiger charge is 2.33. The van der Waals surface area contributed by atoms with E-state index in [2.05, 4.69) is 4.74 Å². The van der Waals surface area contributed by atoms with Crippen molar-refractivity contribution in [2.24, 2.45) is 0 Å². The first-order chi connectivity index (χ1) is 8.30. The molecule has 0 bridgehead atoms. The van der Waals surface area contributed by atoms with Crippen LogP contribution in [0.15, 0.2) is 0 Å². The van der Waals surface area contributed by atoms with Crippen molar-refractivity contribution in [3.8, 4) is 0 Å². The largest absolute Gasteiger partial charge is 0.469 e. The van der Waals surface area contributed by atoms with Crippen LogP contribution in [0.25, 0.3) is 0 Å². The summed E-state index contributed by atoms with van der Waals surface area (Å²) in [5, 5.41) is 0. The van der Waals surface area contributed by atoms with Crippen LogP contribution in [0.4, 0.5) is 13.2 Å². The third-order valence-corrected chi connectivity index (χ3v) is 2.08. The van der Waals surface area contributed by atoms with E-state index in [1.165, 1.54) is 14.2 Å². The number of alkyl halides is 3. The summed E-state index contributed by atoms with van der Waals surface area (Å²) in [6.45, 7) is -0.0157. The second-order valence-corrected chi connectivity index (χ2v) is 3.49. The predicted molar refractivity (Wildman–Crippen MR) is 55.8 cm³/mol. The van der Waals surface area contributed by atoms with Crippen LogP contribution in [0.2, 0.25) is 0 Å². The molecule has 0 aliphatic rings. The second kappa shape index (κ2) is 7.91. The van der Waals surface area contributed by atoms with Gasteiger partial charge in [0.25, 0.3) is 0 Å². The Morgan fingerprint density at radius 2 is 1.78 bits per heavy atom. The number of ether oxygens (including phenoxy) is 2. The highest BCUT2D eigenvalue weighted by molar-refractivity contribution is 5.77. The fraction of sp³-hybridized carbons (Fsp3) is 0.800. The summed E-state index contributed by atoms with van der Waals surface area (Å²) in [7, 11) is 2.53. The van der Waals surface area contributed by atoms with Gasteiger partial charge in [0.2, 0.25) is 5.91 Å². The molecule has 0 saturated heterocycles. The maximum atomic E-state index is 12.1. The van der Waals surface area contributed by atoms with E-state index in [1.54, 1.807) is 0 Å². The van der Waals surface area contributed by atoms with Gasteiger partial charge in [0, 0.05) is 20.2 Å². The van der Waals surface area contributed by atoms with E-state index in [-0.39, 0.29) is 26.1 Å². The van der Waals surface area contributed by atoms with Gasteiger partial charge in [-0.2, -0.15) is 13.2 Å². The van der Waals surface area contributed by atoms with Crippen LogP contribution in [0, 0.1) is 0 Å². The molecule has 106 valence electrons. The van der Waals surface area contributed by atoms with E-state index >= 15 is 0 Å². The molecule has 0 rings (SSSR count). The van der Waals surface area contributed by atoms with Crippen LogP contribution in [0.3, 0.4) is 0 Å². The van der Waals surface area contributed by atoms with Crippen molar-refractivity contribution in [3.63, 3.8) is 0 Å². The lowest BCUT2D eigenvalue weighted by molar-refractivity contribution is -0.162. The Kier molecular flexibility index (Phi) is 7.33. The molecule has 8 heteroatoms. The lowest BCUT2D eigenvalue weighted by atomic mass is 10.3. The number of halogens is 3. The number of hydrogen-bond donors (Lipinski definition) is 0. The molecule has 0 heterocycles. The van der Waals surface area contributed by atoms with Gasteiger partial charge in [-0.25, -0.2) is 0 Å². The average Bonchev–Trinajstić information content (AvgIpc) is 2.26. The Balaban J connectivity index is 4.37. The van der Waals surface area contributed by atoms with E-state index in [1.807, 2.05) is 0 Å². The molecule has 0 aromatic heterocycles. The van der Waals surface area contributed by atoms with Gasteiger partial charge >= 0.3 is 12.1 Å². The Labute approximate surface area is 103 Å². The number of amides is 1. The number of esters is 1. The first-order valence-corrected chi connectivity index (χ1v) is 5.20. The molecule has 0 fully saturated rings. The molecule has 1 amide bonds. The molecule has 0 spiro atoms. The molecule has 0 radical (unpaired) electrons. The molecule has 0 aromatic rings. The Morgan fingerprint density at radius 3 is 2.22 bits per heavy atom. The van der Waals surface area contributed by atoms with Gasteiger partial charge in [-0.3, -0.25) is 9.59 Å². The third-order valence-electron chi connectivity index (χ3n) is 2.08. The van der Waals surface area contributed by atoms with Gasteiger partial charge in [0.05, 0.1) is 20.1 Å². The summed E-state index contributed by atoms with van der Waals surface area (Å²) >= 11 is 0. The quantitative estimate of drug-likeness (QED) is 0.648. The van der Waals surface area contributed by atoms with Crippen molar-refractivity contribution < 1.29 is 32.2 Å². The Morgan fingerprint density at radius 1 is 1.17 bits per heavy atom. The minimum Gasteiger partial charge on any atom is -0.469 e. The minimum atomic E-state index is -4.56. The number of carbonyl (C=O) groups excluding carboxylic acids is 2. The van der Waals surface area contributed by atoms with Crippen LogP contribution in [-0.2, 0) is 19.1 Å². The minimum absolute atomic E-state index is 0.00239. The van der Waals surface area contributed by atoms with E-state index in [4.69, 9.17) is 4.74 Å². The van der Waals surface area contributed by atoms with E-state index in [0.29, 0.717) is 0 Å². The van der Waals surface area contributed by atoms with E-state index < -0.39 is 24.5 Å². The topological polar surface area (TPSA) is 55.8 Å². The zero-order chi connectivity index (χ0) is 14.2. The Bertz CT molecular complexity index is 281. The Hall–Kier alpha value is -1.31. The molecule has 0 aliphatic heterocycles. The van der Waals surface area contributed by atoms with Crippen molar-refractivity contribution in [2.75, 3.05) is 33.9 Å². The lowest BCUT2D eigenvalue weighted by Crippen LogP contribution is -2.38. The maximum Gasteiger partial charge on any atom is 0.397 e. The first kappa shape index (κ1) is 16.7. The lowest BCUT2D eigenvalue weighted by Gasteiger charge is -2.22. The van der Waals surface area contributed by atoms with Crippen molar-refractivity contribution >= 4 is 11.9 Å². The van der Waals surface area contributed by atoms with Crippen molar-refractivity contribution in [2.45, 2.75) is 19.0 Å². The van der Waals surface area contributed by atoms with Gasteiger partial charge in [-0.1, -0.05) is 0 Å². The number of carbonyl (C=O) groups is 2. The standard InChI is InChI=1S/C10H16F3NO4/c1-17-6-5-14(4-3-9(16)18-2)8(15)7-10(11,12)13/h3-7H2,1-2H3. The van der Waals surface area contributed by atoms with E-state index in [0.717, 1.165) is 4.90 Å². The maximum absolute atomic E-state index is 12.1. The van der Waals surface area contributed by atoms with Crippen LogP contribution < -0.4 is 0 Å². The molecule has 0 aromatic carbocycles. The zero-order valence-corrected chi connectivity index (χ0v) is 10.2. The normalized spacial score (nSPS) is 11.2. The van der Waals surface area contributed by atoms with Crippen LogP contribution in [-0.4, -0.2) is 56.9 Å². The number of nitrogens with zero attached hydrogens (tertiary/aromatic N) is 1. The molecular formula is C10H16F3NO4. The third kappa shape index (κ3) is 7.88. The molecule has 5 nitrogen and oxygen atoms in total. The van der Waals surface area contributed by atoms with Gasteiger partial charge in [0.15, 0.2) is 0 Å². The van der Waals surface area contributed by atoms with Crippen LogP contribution >= 0.6 is 0 Å². The molecule has 0 unspecified atom stereocenters. The molecule has 0 saturated carbocycles. The van der Waals surface area contributed by atoms with Gasteiger partial charge in [-0.05, 0) is 0 Å². The summed E-state index contributed by atoms with van der Waals surface area (Å²) in [4.78, 5) is 23.2. The highest BCUT2D eigenvalue weighted by Crippen LogP contribution is 2.20. The van der Waals surface area contributed by atoms with Crippen molar-refractivity contribution in [3.05, 3.63) is 0 Å². The molecule has 0 atom stereocenters. The highest BCUT2D eigenvalue weighted by atomic mass is 19.4. The molecule has 0 N–H and O–H groups in total. The van der Waals surface area contributed by atoms with Crippen molar-refractivity contribution in [1.29, 1.82) is 0 Å². The summed E-state index contributed by atoms with van der Waals surface area (Å²) in [5.74, 6) is -1.67. The smallest absolute Gasteiger partial charge is 0.397 e. The monoisotopic (exact) mass is 271 g/mol. The van der Waals surface area contributed by atoms with Gasteiger partial charge in [-0.15, -0.1) is 0 Å². The molecular weight excluding hydrogens is 255 g/mol. The second-order valence-electron chi connectivity index (χ2n) is 3.49. The summed E-state index contributed by atoms with van der Waals surface area (Å²) in [6, 6.07) is 0. The zero-order valence-electron chi connectivity index (χ0n) is 10.2. The average molecular weight is 271 g/mol. The van der Waals surface area contributed by atoms with Crippen LogP contribution in [0.5, 0.6) is 0 Å². The van der Waals surface area contributed by atoms with E-state index in [9.17, 15) is 22.8 Å². The number of methoxy groups -OCH3 is 2. The number of rotatable bonds is 7. The predicted octanol–water partition coefficient (Wildman–Crippen LogP) is 0.977.